The predicted octanol–water partition coefficient (Wildman–Crippen LogP) is 1.56. The molecule has 2 fully saturated rings. The zero-order chi connectivity index (χ0) is 17.3. The number of carbonyl (C=O) groups is 2. The quantitative estimate of drug-likeness (QED) is 0.796. The predicted molar refractivity (Wildman–Crippen MR) is 87.1 cm³/mol. The van der Waals surface area contributed by atoms with Gasteiger partial charge >= 0.3 is 0 Å². The van der Waals surface area contributed by atoms with Crippen molar-refractivity contribution in [3.8, 4) is 0 Å². The second-order valence-electron chi connectivity index (χ2n) is 6.07. The van der Waals surface area contributed by atoms with Gasteiger partial charge in [-0.1, -0.05) is 0 Å². The summed E-state index contributed by atoms with van der Waals surface area (Å²) in [7, 11) is 0. The Kier molecular flexibility index (Phi) is 6.29. The first-order chi connectivity index (χ1) is 11.5. The van der Waals surface area contributed by atoms with Crippen LogP contribution in [0.1, 0.15) is 23.2 Å². The van der Waals surface area contributed by atoms with Gasteiger partial charge in [0.05, 0.1) is 6.54 Å². The minimum absolute atomic E-state index is 0. The smallest absolute Gasteiger partial charge is 0.254 e. The van der Waals surface area contributed by atoms with Gasteiger partial charge in [-0.25, -0.2) is 13.2 Å². The molecule has 2 aliphatic heterocycles. The molecule has 0 aromatic heterocycles. The number of carbonyl (C=O) groups excluding carboxylic acids is 2. The van der Waals surface area contributed by atoms with Gasteiger partial charge in [-0.2, -0.15) is 0 Å². The van der Waals surface area contributed by atoms with Crippen LogP contribution in [0.5, 0.6) is 0 Å². The maximum atomic E-state index is 13.3. The highest BCUT2D eigenvalue weighted by molar-refractivity contribution is 5.94. The van der Waals surface area contributed by atoms with E-state index < -0.39 is 23.4 Å². The zero-order valence-electron chi connectivity index (χ0n) is 13.4. The number of rotatable bonds is 2. The van der Waals surface area contributed by atoms with Gasteiger partial charge < -0.3 is 15.1 Å². The number of nitrogens with zero attached hydrogens (tertiary/aromatic N) is 2. The molecule has 1 atom stereocenters. The summed E-state index contributed by atoms with van der Waals surface area (Å²) in [6, 6.07) is 1.31. The van der Waals surface area contributed by atoms with E-state index in [9.17, 15) is 22.8 Å². The molecular formula is C16H19ClF3N3O2. The fraction of sp³-hybridized carbons (Fsp3) is 0.500. The van der Waals surface area contributed by atoms with Gasteiger partial charge in [-0.05, 0) is 25.0 Å². The lowest BCUT2D eigenvalue weighted by atomic mass is 10.0. The summed E-state index contributed by atoms with van der Waals surface area (Å²) < 4.78 is 39.7. The summed E-state index contributed by atoms with van der Waals surface area (Å²) in [5.74, 6) is -4.93. The third-order valence-electron chi connectivity index (χ3n) is 4.48. The molecule has 1 aromatic carbocycles. The van der Waals surface area contributed by atoms with E-state index in [4.69, 9.17) is 0 Å². The molecule has 0 saturated carbocycles. The Balaban J connectivity index is 0.00000225. The molecule has 2 amide bonds. The first-order valence-corrected chi connectivity index (χ1v) is 7.91. The Morgan fingerprint density at radius 3 is 2.48 bits per heavy atom. The van der Waals surface area contributed by atoms with Crippen LogP contribution in [0.25, 0.3) is 0 Å². The maximum absolute atomic E-state index is 13.3. The summed E-state index contributed by atoms with van der Waals surface area (Å²) in [5.41, 5.74) is -0.223. The molecular weight excluding hydrogens is 359 g/mol. The third-order valence-corrected chi connectivity index (χ3v) is 4.48. The van der Waals surface area contributed by atoms with Gasteiger partial charge in [0.15, 0.2) is 17.5 Å². The van der Waals surface area contributed by atoms with Crippen molar-refractivity contribution in [2.24, 2.45) is 0 Å². The second kappa shape index (κ2) is 8.05. The van der Waals surface area contributed by atoms with Crippen LogP contribution in [0.4, 0.5) is 13.2 Å². The van der Waals surface area contributed by atoms with Gasteiger partial charge in [-0.3, -0.25) is 9.59 Å². The van der Waals surface area contributed by atoms with Crippen molar-refractivity contribution in [3.05, 3.63) is 35.1 Å². The maximum Gasteiger partial charge on any atom is 0.254 e. The minimum Gasteiger partial charge on any atom is -0.337 e. The lowest BCUT2D eigenvalue weighted by molar-refractivity contribution is -0.135. The van der Waals surface area contributed by atoms with Gasteiger partial charge in [0.25, 0.3) is 5.91 Å². The van der Waals surface area contributed by atoms with Crippen LogP contribution < -0.4 is 5.32 Å². The van der Waals surface area contributed by atoms with Crippen molar-refractivity contribution >= 4 is 24.2 Å². The van der Waals surface area contributed by atoms with Crippen LogP contribution in [0.3, 0.4) is 0 Å². The Morgan fingerprint density at radius 2 is 1.84 bits per heavy atom. The number of halogens is 4. The molecule has 0 aliphatic carbocycles. The van der Waals surface area contributed by atoms with Crippen molar-refractivity contribution in [1.82, 2.24) is 15.1 Å². The van der Waals surface area contributed by atoms with E-state index in [1.54, 1.807) is 4.90 Å². The first kappa shape index (κ1) is 19.5. The average Bonchev–Trinajstić information content (AvgIpc) is 2.59. The van der Waals surface area contributed by atoms with E-state index in [0.29, 0.717) is 44.7 Å². The molecule has 0 spiro atoms. The number of hydrogen-bond donors (Lipinski definition) is 1. The molecule has 2 saturated heterocycles. The van der Waals surface area contributed by atoms with E-state index in [0.717, 1.165) is 6.42 Å². The van der Waals surface area contributed by atoms with Crippen LogP contribution in [0, 0.1) is 17.5 Å². The number of likely N-dealkylation sites (tertiary alicyclic amines) is 1. The first-order valence-electron chi connectivity index (χ1n) is 7.91. The molecule has 2 heterocycles. The normalized spacial score (nSPS) is 21.1. The average molecular weight is 378 g/mol. The van der Waals surface area contributed by atoms with E-state index in [1.807, 2.05) is 0 Å². The summed E-state index contributed by atoms with van der Waals surface area (Å²) in [4.78, 5) is 27.7. The number of nitrogens with one attached hydrogen (secondary N) is 1. The number of piperidine rings is 1. The van der Waals surface area contributed by atoms with Crippen LogP contribution in [-0.2, 0) is 4.79 Å². The van der Waals surface area contributed by atoms with Crippen molar-refractivity contribution in [2.75, 3.05) is 32.7 Å². The Bertz CT molecular complexity index is 651. The van der Waals surface area contributed by atoms with Crippen molar-refractivity contribution in [3.63, 3.8) is 0 Å². The van der Waals surface area contributed by atoms with Crippen molar-refractivity contribution in [2.45, 2.75) is 18.9 Å². The second-order valence-corrected chi connectivity index (χ2v) is 6.07. The molecule has 2 aliphatic rings. The molecule has 25 heavy (non-hydrogen) atoms. The zero-order valence-corrected chi connectivity index (χ0v) is 14.3. The van der Waals surface area contributed by atoms with Crippen LogP contribution in [0.15, 0.2) is 12.1 Å². The minimum atomic E-state index is -1.59. The molecule has 9 heteroatoms. The Morgan fingerprint density at radius 1 is 1.16 bits per heavy atom. The van der Waals surface area contributed by atoms with E-state index in [1.165, 1.54) is 4.90 Å². The largest absolute Gasteiger partial charge is 0.337 e. The molecule has 0 radical (unpaired) electrons. The fourth-order valence-corrected chi connectivity index (χ4v) is 3.26. The summed E-state index contributed by atoms with van der Waals surface area (Å²) >= 11 is 0. The van der Waals surface area contributed by atoms with Gasteiger partial charge in [0.1, 0.15) is 0 Å². The lowest BCUT2D eigenvalue weighted by Crippen LogP contribution is -2.57. The standard InChI is InChI=1S/C16H18F3N3O2.ClH/c17-12-6-10(7-13(18)15(12)19)16(24)21-4-1-2-11(9-21)22-5-3-20-8-14(22)23;/h6-7,11,20H,1-5,8-9H2;1H. The highest BCUT2D eigenvalue weighted by Crippen LogP contribution is 2.21. The summed E-state index contributed by atoms with van der Waals surface area (Å²) in [5, 5.41) is 2.99. The molecule has 0 bridgehead atoms. The number of piperazine rings is 1. The van der Waals surface area contributed by atoms with Crippen molar-refractivity contribution in [1.29, 1.82) is 0 Å². The highest BCUT2D eigenvalue weighted by atomic mass is 35.5. The van der Waals surface area contributed by atoms with Crippen molar-refractivity contribution < 1.29 is 22.8 Å². The Labute approximate surface area is 149 Å². The van der Waals surface area contributed by atoms with E-state index in [-0.39, 0.29) is 36.5 Å². The van der Waals surface area contributed by atoms with E-state index in [2.05, 4.69) is 5.32 Å². The summed E-state index contributed by atoms with van der Waals surface area (Å²) in [6.07, 6.45) is 1.47. The van der Waals surface area contributed by atoms with Gasteiger partial charge in [-0.15, -0.1) is 12.4 Å². The van der Waals surface area contributed by atoms with Gasteiger partial charge in [0.2, 0.25) is 5.91 Å². The molecule has 5 nitrogen and oxygen atoms in total. The molecule has 3 rings (SSSR count). The summed E-state index contributed by atoms with van der Waals surface area (Å²) in [6.45, 7) is 2.30. The molecule has 138 valence electrons. The Hall–Kier alpha value is -1.80. The fourth-order valence-electron chi connectivity index (χ4n) is 3.26. The lowest BCUT2D eigenvalue weighted by Gasteiger charge is -2.41. The number of benzene rings is 1. The SMILES string of the molecule is Cl.O=C(c1cc(F)c(F)c(F)c1)N1CCCC(N2CCNCC2=O)C1. The van der Waals surface area contributed by atoms with Crippen LogP contribution in [-0.4, -0.2) is 60.4 Å². The molecule has 1 aromatic rings. The molecule has 1 N–H and O–H groups in total. The number of amides is 2. The van der Waals surface area contributed by atoms with Crippen LogP contribution >= 0.6 is 12.4 Å². The monoisotopic (exact) mass is 377 g/mol. The molecule has 1 unspecified atom stereocenters. The third kappa shape index (κ3) is 4.07. The van der Waals surface area contributed by atoms with Crippen LogP contribution in [0.2, 0.25) is 0 Å². The highest BCUT2D eigenvalue weighted by Gasteiger charge is 2.32. The van der Waals surface area contributed by atoms with E-state index >= 15 is 0 Å². The number of hydrogen-bond acceptors (Lipinski definition) is 3. The topological polar surface area (TPSA) is 52.7 Å². The van der Waals surface area contributed by atoms with Gasteiger partial charge in [0, 0.05) is 37.8 Å².